The second-order valence-electron chi connectivity index (χ2n) is 5.86. The molecule has 0 unspecified atom stereocenters. The highest BCUT2D eigenvalue weighted by molar-refractivity contribution is 5.78. The second-order valence-corrected chi connectivity index (χ2v) is 5.86. The van der Waals surface area contributed by atoms with Crippen LogP contribution in [0.1, 0.15) is 17.5 Å². The molecule has 0 spiro atoms. The topological polar surface area (TPSA) is 116 Å². The zero-order chi connectivity index (χ0) is 18.4. The van der Waals surface area contributed by atoms with Crippen molar-refractivity contribution in [2.45, 2.75) is 19.5 Å². The molecule has 2 aromatic rings. The van der Waals surface area contributed by atoms with Gasteiger partial charge in [-0.15, -0.1) is 0 Å². The summed E-state index contributed by atoms with van der Waals surface area (Å²) in [6.45, 7) is 1.36. The Morgan fingerprint density at radius 1 is 1.15 bits per heavy atom. The van der Waals surface area contributed by atoms with Gasteiger partial charge in [-0.2, -0.15) is 0 Å². The number of ether oxygens (including phenoxy) is 2. The molecule has 1 amide bonds. The highest BCUT2D eigenvalue weighted by Gasteiger charge is 2.18. The summed E-state index contributed by atoms with van der Waals surface area (Å²) < 4.78 is 10.7. The number of aliphatic imine (C=N–C) groups is 1. The van der Waals surface area contributed by atoms with Gasteiger partial charge >= 0.3 is 0 Å². The molecule has 4 N–H and O–H groups in total. The lowest BCUT2D eigenvalue weighted by atomic mass is 10.1. The third-order valence-corrected chi connectivity index (χ3v) is 3.88. The number of pyridine rings is 1. The quantitative estimate of drug-likeness (QED) is 0.565. The predicted octanol–water partition coefficient (Wildman–Crippen LogP) is 1.00. The first-order valence-corrected chi connectivity index (χ1v) is 8.22. The maximum atomic E-state index is 12.7. The van der Waals surface area contributed by atoms with E-state index < -0.39 is 0 Å². The van der Waals surface area contributed by atoms with E-state index >= 15 is 0 Å². The first-order valence-electron chi connectivity index (χ1n) is 8.22. The van der Waals surface area contributed by atoms with Gasteiger partial charge in [0.2, 0.25) is 12.7 Å². The molecule has 0 bridgehead atoms. The van der Waals surface area contributed by atoms with Crippen LogP contribution in [0, 0.1) is 0 Å². The van der Waals surface area contributed by atoms with E-state index in [1.165, 1.54) is 0 Å². The molecule has 1 aliphatic heterocycles. The number of nitrogens with two attached hydrogens (primary N) is 2. The van der Waals surface area contributed by atoms with E-state index in [2.05, 4.69) is 9.98 Å². The van der Waals surface area contributed by atoms with Gasteiger partial charge in [-0.3, -0.25) is 14.8 Å². The zero-order valence-electron chi connectivity index (χ0n) is 14.3. The van der Waals surface area contributed by atoms with Crippen molar-refractivity contribution in [2.24, 2.45) is 16.5 Å². The lowest BCUT2D eigenvalue weighted by Gasteiger charge is -2.23. The SMILES string of the molecule is NC(N)=NCCC(=O)N(Cc1cccnc1)Cc1ccc2c(c1)OCO2. The van der Waals surface area contributed by atoms with E-state index in [1.807, 2.05) is 30.3 Å². The van der Waals surface area contributed by atoms with Crippen LogP contribution in [0.5, 0.6) is 11.5 Å². The van der Waals surface area contributed by atoms with Crippen molar-refractivity contribution in [2.75, 3.05) is 13.3 Å². The Labute approximate surface area is 151 Å². The third kappa shape index (κ3) is 4.62. The van der Waals surface area contributed by atoms with Crippen LogP contribution in [0.2, 0.25) is 0 Å². The van der Waals surface area contributed by atoms with Gasteiger partial charge in [-0.25, -0.2) is 0 Å². The molecule has 0 saturated carbocycles. The molecule has 1 aliphatic rings. The van der Waals surface area contributed by atoms with Crippen molar-refractivity contribution in [3.05, 3.63) is 53.9 Å². The molecular formula is C18H21N5O3. The number of guanidine groups is 1. The molecule has 8 nitrogen and oxygen atoms in total. The first kappa shape index (κ1) is 17.5. The molecule has 1 aromatic carbocycles. The normalized spacial score (nSPS) is 11.8. The van der Waals surface area contributed by atoms with Gasteiger partial charge < -0.3 is 25.8 Å². The van der Waals surface area contributed by atoms with E-state index in [-0.39, 0.29) is 31.6 Å². The van der Waals surface area contributed by atoms with E-state index in [1.54, 1.807) is 17.3 Å². The number of carbonyl (C=O) groups excluding carboxylic acids is 1. The van der Waals surface area contributed by atoms with Crippen LogP contribution in [0.3, 0.4) is 0 Å². The number of aromatic nitrogens is 1. The predicted molar refractivity (Wildman–Crippen MR) is 96.3 cm³/mol. The number of carbonyl (C=O) groups is 1. The second kappa shape index (κ2) is 8.19. The van der Waals surface area contributed by atoms with Gasteiger partial charge in [0.1, 0.15) is 0 Å². The third-order valence-electron chi connectivity index (χ3n) is 3.88. The average molecular weight is 355 g/mol. The van der Waals surface area contributed by atoms with E-state index in [0.717, 1.165) is 11.1 Å². The van der Waals surface area contributed by atoms with Crippen LogP contribution in [-0.4, -0.2) is 35.1 Å². The van der Waals surface area contributed by atoms with Gasteiger partial charge in [0, 0.05) is 31.9 Å². The molecule has 1 aromatic heterocycles. The Morgan fingerprint density at radius 3 is 2.73 bits per heavy atom. The van der Waals surface area contributed by atoms with E-state index in [4.69, 9.17) is 20.9 Å². The van der Waals surface area contributed by atoms with E-state index in [9.17, 15) is 4.79 Å². The number of hydrogen-bond acceptors (Lipinski definition) is 5. The lowest BCUT2D eigenvalue weighted by molar-refractivity contribution is -0.132. The number of nitrogens with zero attached hydrogens (tertiary/aromatic N) is 3. The molecule has 0 fully saturated rings. The van der Waals surface area contributed by atoms with E-state index in [0.29, 0.717) is 24.6 Å². The number of benzene rings is 1. The molecule has 3 rings (SSSR count). The minimum absolute atomic E-state index is 0.0209. The van der Waals surface area contributed by atoms with Crippen LogP contribution in [0.25, 0.3) is 0 Å². The fraction of sp³-hybridized carbons (Fsp3) is 0.278. The summed E-state index contributed by atoms with van der Waals surface area (Å²) in [6, 6.07) is 9.44. The number of amides is 1. The van der Waals surface area contributed by atoms with Crippen LogP contribution < -0.4 is 20.9 Å². The van der Waals surface area contributed by atoms with Crippen molar-refractivity contribution < 1.29 is 14.3 Å². The number of fused-ring (bicyclic) bond motifs is 1. The molecule has 8 heteroatoms. The van der Waals surface area contributed by atoms with Crippen molar-refractivity contribution in [1.29, 1.82) is 0 Å². The summed E-state index contributed by atoms with van der Waals surface area (Å²) >= 11 is 0. The van der Waals surface area contributed by atoms with Gasteiger partial charge in [0.05, 0.1) is 6.54 Å². The monoisotopic (exact) mass is 355 g/mol. The fourth-order valence-electron chi connectivity index (χ4n) is 2.64. The summed E-state index contributed by atoms with van der Waals surface area (Å²) in [5.41, 5.74) is 12.5. The van der Waals surface area contributed by atoms with Gasteiger partial charge in [-0.1, -0.05) is 12.1 Å². The van der Waals surface area contributed by atoms with Gasteiger partial charge in [0.25, 0.3) is 0 Å². The molecule has 0 aliphatic carbocycles. The van der Waals surface area contributed by atoms with Crippen LogP contribution in [0.15, 0.2) is 47.7 Å². The smallest absolute Gasteiger partial charge is 0.231 e. The summed E-state index contributed by atoms with van der Waals surface area (Å²) in [5.74, 6) is 1.34. The molecule has 0 radical (unpaired) electrons. The van der Waals surface area contributed by atoms with Crippen LogP contribution in [-0.2, 0) is 17.9 Å². The van der Waals surface area contributed by atoms with Gasteiger partial charge in [0.15, 0.2) is 17.5 Å². The Hall–Kier alpha value is -3.29. The molecular weight excluding hydrogens is 334 g/mol. The van der Waals surface area contributed by atoms with Gasteiger partial charge in [-0.05, 0) is 29.3 Å². The minimum atomic E-state index is -0.0449. The number of hydrogen-bond donors (Lipinski definition) is 2. The molecule has 2 heterocycles. The highest BCUT2D eigenvalue weighted by Crippen LogP contribution is 2.33. The zero-order valence-corrected chi connectivity index (χ0v) is 14.3. The molecule has 0 saturated heterocycles. The fourth-order valence-corrected chi connectivity index (χ4v) is 2.64. The van der Waals surface area contributed by atoms with Crippen LogP contribution in [0.4, 0.5) is 0 Å². The Kier molecular flexibility index (Phi) is 5.52. The minimum Gasteiger partial charge on any atom is -0.454 e. The maximum absolute atomic E-state index is 12.7. The molecule has 0 atom stereocenters. The van der Waals surface area contributed by atoms with Crippen molar-refractivity contribution >= 4 is 11.9 Å². The summed E-state index contributed by atoms with van der Waals surface area (Å²) in [4.78, 5) is 22.4. The summed E-state index contributed by atoms with van der Waals surface area (Å²) in [6.07, 6.45) is 3.67. The van der Waals surface area contributed by atoms with Crippen molar-refractivity contribution in [3.63, 3.8) is 0 Å². The Balaban J connectivity index is 1.73. The average Bonchev–Trinajstić information content (AvgIpc) is 3.09. The summed E-state index contributed by atoms with van der Waals surface area (Å²) in [5, 5.41) is 0. The summed E-state index contributed by atoms with van der Waals surface area (Å²) in [7, 11) is 0. The van der Waals surface area contributed by atoms with Crippen LogP contribution >= 0.6 is 0 Å². The Bertz CT molecular complexity index is 791. The standard InChI is InChI=1S/C18H21N5O3/c19-18(20)22-7-5-17(24)23(11-14-2-1-6-21-9-14)10-13-3-4-15-16(8-13)26-12-25-15/h1-4,6,8-9H,5,7,10-12H2,(H4,19,20,22). The molecule has 136 valence electrons. The largest absolute Gasteiger partial charge is 0.454 e. The first-order chi connectivity index (χ1) is 12.6. The number of rotatable bonds is 7. The maximum Gasteiger partial charge on any atom is 0.231 e. The Morgan fingerprint density at radius 2 is 1.96 bits per heavy atom. The molecule has 26 heavy (non-hydrogen) atoms. The lowest BCUT2D eigenvalue weighted by Crippen LogP contribution is -2.31. The van der Waals surface area contributed by atoms with Crippen molar-refractivity contribution in [1.82, 2.24) is 9.88 Å². The van der Waals surface area contributed by atoms with Crippen molar-refractivity contribution in [3.8, 4) is 11.5 Å². The highest BCUT2D eigenvalue weighted by atomic mass is 16.7.